The van der Waals surface area contributed by atoms with Crippen LogP contribution in [-0.2, 0) is 11.3 Å². The van der Waals surface area contributed by atoms with Gasteiger partial charge in [-0.2, -0.15) is 0 Å². The zero-order valence-corrected chi connectivity index (χ0v) is 14.8. The molecule has 1 aliphatic rings. The highest BCUT2D eigenvalue weighted by molar-refractivity contribution is 9.10. The molecule has 1 saturated heterocycles. The molecule has 2 rings (SSSR count). The van der Waals surface area contributed by atoms with Gasteiger partial charge in [0, 0.05) is 50.9 Å². The Morgan fingerprint density at radius 2 is 2.00 bits per heavy atom. The van der Waals surface area contributed by atoms with Gasteiger partial charge in [0.25, 0.3) is 0 Å². The molecule has 0 atom stereocenters. The highest BCUT2D eigenvalue weighted by Gasteiger charge is 2.19. The highest BCUT2D eigenvalue weighted by Crippen LogP contribution is 2.18. The Hall–Kier alpha value is -0.690. The third-order valence-electron chi connectivity index (χ3n) is 3.59. The molecule has 4 nitrogen and oxygen atoms in total. The molecule has 0 unspecified atom stereocenters. The number of halogens is 1. The predicted molar refractivity (Wildman–Crippen MR) is 93.5 cm³/mol. The summed E-state index contributed by atoms with van der Waals surface area (Å²) in [5.41, 5.74) is 1.34. The molecule has 0 bridgehead atoms. The number of hydrogen-bond acceptors (Lipinski definition) is 3. The lowest BCUT2D eigenvalue weighted by Gasteiger charge is -2.36. The zero-order chi connectivity index (χ0) is 15.1. The van der Waals surface area contributed by atoms with Gasteiger partial charge in [0.05, 0.1) is 6.61 Å². The molecule has 1 fully saturated rings. The summed E-state index contributed by atoms with van der Waals surface area (Å²) in [7, 11) is 1.70. The second-order valence-corrected chi connectivity index (χ2v) is 6.32. The average molecular weight is 372 g/mol. The predicted octanol–water partition coefficient (Wildman–Crippen LogP) is 2.09. The molecule has 0 saturated carbocycles. The van der Waals surface area contributed by atoms with Gasteiger partial charge in [-0.1, -0.05) is 34.1 Å². The van der Waals surface area contributed by atoms with E-state index in [0.29, 0.717) is 6.61 Å². The molecule has 1 N–H and O–H groups in total. The van der Waals surface area contributed by atoms with Gasteiger partial charge in [-0.3, -0.25) is 4.90 Å². The summed E-state index contributed by atoms with van der Waals surface area (Å²) >= 11 is 9.02. The van der Waals surface area contributed by atoms with Crippen molar-refractivity contribution in [3.8, 4) is 0 Å². The maximum absolute atomic E-state index is 5.41. The van der Waals surface area contributed by atoms with E-state index in [1.165, 1.54) is 10.0 Å². The Morgan fingerprint density at radius 1 is 1.29 bits per heavy atom. The second kappa shape index (κ2) is 8.68. The largest absolute Gasteiger partial charge is 0.383 e. The summed E-state index contributed by atoms with van der Waals surface area (Å²) in [4.78, 5) is 4.70. The van der Waals surface area contributed by atoms with Crippen molar-refractivity contribution in [2.45, 2.75) is 6.54 Å². The van der Waals surface area contributed by atoms with Gasteiger partial charge in [-0.25, -0.2) is 0 Å². The topological polar surface area (TPSA) is 27.7 Å². The van der Waals surface area contributed by atoms with Gasteiger partial charge in [0.1, 0.15) is 0 Å². The number of nitrogens with one attached hydrogen (secondary N) is 1. The molecule has 1 heterocycles. The van der Waals surface area contributed by atoms with Gasteiger partial charge in [-0.05, 0) is 23.8 Å². The summed E-state index contributed by atoms with van der Waals surface area (Å²) in [6.45, 7) is 6.46. The van der Waals surface area contributed by atoms with Crippen LogP contribution < -0.4 is 5.32 Å². The minimum absolute atomic E-state index is 0.683. The first kappa shape index (κ1) is 16.7. The molecule has 0 radical (unpaired) electrons. The molecule has 116 valence electrons. The molecule has 21 heavy (non-hydrogen) atoms. The number of thiocarbonyl (C=S) groups is 1. The van der Waals surface area contributed by atoms with E-state index in [0.717, 1.165) is 44.4 Å². The van der Waals surface area contributed by atoms with Crippen LogP contribution in [0.4, 0.5) is 0 Å². The Bertz CT molecular complexity index is 464. The number of piperazine rings is 1. The van der Waals surface area contributed by atoms with Crippen molar-refractivity contribution in [1.29, 1.82) is 0 Å². The third-order valence-corrected chi connectivity index (χ3v) is 4.77. The van der Waals surface area contributed by atoms with Crippen LogP contribution in [0.25, 0.3) is 0 Å². The van der Waals surface area contributed by atoms with E-state index >= 15 is 0 Å². The first-order valence-electron chi connectivity index (χ1n) is 7.18. The van der Waals surface area contributed by atoms with Crippen LogP contribution >= 0.6 is 28.1 Å². The summed E-state index contributed by atoms with van der Waals surface area (Å²) in [6.07, 6.45) is 0. The van der Waals surface area contributed by atoms with Crippen LogP contribution in [0.1, 0.15) is 5.56 Å². The Labute approximate surface area is 140 Å². The zero-order valence-electron chi connectivity index (χ0n) is 12.3. The van der Waals surface area contributed by atoms with Crippen molar-refractivity contribution in [3.63, 3.8) is 0 Å². The van der Waals surface area contributed by atoms with Gasteiger partial charge in [-0.15, -0.1) is 0 Å². The summed E-state index contributed by atoms with van der Waals surface area (Å²) in [6, 6.07) is 8.41. The van der Waals surface area contributed by atoms with Crippen LogP contribution in [0.2, 0.25) is 0 Å². The summed E-state index contributed by atoms with van der Waals surface area (Å²) in [5.74, 6) is 0. The van der Waals surface area contributed by atoms with Crippen LogP contribution in [-0.4, -0.2) is 61.4 Å². The fourth-order valence-electron chi connectivity index (χ4n) is 2.35. The smallest absolute Gasteiger partial charge is 0.169 e. The summed E-state index contributed by atoms with van der Waals surface area (Å²) in [5, 5.41) is 4.07. The van der Waals surface area contributed by atoms with Gasteiger partial charge < -0.3 is 15.0 Å². The van der Waals surface area contributed by atoms with Gasteiger partial charge in [0.15, 0.2) is 5.11 Å². The van der Waals surface area contributed by atoms with Crippen molar-refractivity contribution < 1.29 is 4.74 Å². The fourth-order valence-corrected chi connectivity index (χ4v) is 3.04. The molecule has 0 amide bonds. The number of nitrogens with zero attached hydrogens (tertiary/aromatic N) is 2. The molecule has 0 spiro atoms. The maximum atomic E-state index is 5.41. The number of ether oxygens (including phenoxy) is 1. The van der Waals surface area contributed by atoms with E-state index in [-0.39, 0.29) is 0 Å². The Morgan fingerprint density at radius 3 is 2.67 bits per heavy atom. The van der Waals surface area contributed by atoms with E-state index < -0.39 is 0 Å². The molecule has 1 aromatic carbocycles. The molecule has 0 aromatic heterocycles. The lowest BCUT2D eigenvalue weighted by molar-refractivity contribution is 0.172. The quantitative estimate of drug-likeness (QED) is 0.631. The van der Waals surface area contributed by atoms with E-state index in [4.69, 9.17) is 17.0 Å². The van der Waals surface area contributed by atoms with Crippen molar-refractivity contribution in [2.24, 2.45) is 0 Å². The van der Waals surface area contributed by atoms with E-state index in [1.54, 1.807) is 7.11 Å². The Balaban J connectivity index is 1.75. The molecule has 0 aliphatic carbocycles. The number of methoxy groups -OCH3 is 1. The first-order chi connectivity index (χ1) is 10.2. The van der Waals surface area contributed by atoms with Crippen molar-refractivity contribution >= 4 is 33.3 Å². The molecule has 1 aromatic rings. The molecule has 1 aliphatic heterocycles. The van der Waals surface area contributed by atoms with Gasteiger partial charge in [0.2, 0.25) is 0 Å². The summed E-state index contributed by atoms with van der Waals surface area (Å²) < 4.78 is 6.21. The van der Waals surface area contributed by atoms with Crippen LogP contribution in [0.15, 0.2) is 28.7 Å². The number of benzene rings is 1. The normalized spacial score (nSPS) is 16.0. The lowest BCUT2D eigenvalue weighted by atomic mass is 10.2. The fraction of sp³-hybridized carbons (Fsp3) is 0.533. The van der Waals surface area contributed by atoms with Crippen LogP contribution in [0.3, 0.4) is 0 Å². The van der Waals surface area contributed by atoms with Crippen LogP contribution in [0, 0.1) is 0 Å². The molecule has 6 heteroatoms. The lowest BCUT2D eigenvalue weighted by Crippen LogP contribution is -2.51. The first-order valence-corrected chi connectivity index (χ1v) is 8.38. The standard InChI is InChI=1S/C15H22BrN3OS/c1-20-11-6-17-15(21)19-9-7-18(8-10-19)12-13-4-2-3-5-14(13)16/h2-5H,6-12H2,1H3,(H,17,21). The minimum atomic E-state index is 0.683. The molecular formula is C15H22BrN3OS. The highest BCUT2D eigenvalue weighted by atomic mass is 79.9. The minimum Gasteiger partial charge on any atom is -0.383 e. The van der Waals surface area contributed by atoms with Crippen molar-refractivity contribution in [1.82, 2.24) is 15.1 Å². The SMILES string of the molecule is COCCNC(=S)N1CCN(Cc2ccccc2Br)CC1. The Kier molecular flexibility index (Phi) is 6.89. The van der Waals surface area contributed by atoms with E-state index in [9.17, 15) is 0 Å². The molecular weight excluding hydrogens is 350 g/mol. The number of hydrogen-bond donors (Lipinski definition) is 1. The van der Waals surface area contributed by atoms with Crippen molar-refractivity contribution in [3.05, 3.63) is 34.3 Å². The third kappa shape index (κ3) is 5.21. The van der Waals surface area contributed by atoms with E-state index in [2.05, 4.69) is 55.3 Å². The monoisotopic (exact) mass is 371 g/mol. The van der Waals surface area contributed by atoms with Gasteiger partial charge >= 0.3 is 0 Å². The number of rotatable bonds is 5. The van der Waals surface area contributed by atoms with Crippen molar-refractivity contribution in [2.75, 3.05) is 46.4 Å². The van der Waals surface area contributed by atoms with Crippen LogP contribution in [0.5, 0.6) is 0 Å². The average Bonchev–Trinajstić information content (AvgIpc) is 2.50. The van der Waals surface area contributed by atoms with E-state index in [1.807, 2.05) is 0 Å². The maximum Gasteiger partial charge on any atom is 0.169 e. The second-order valence-electron chi connectivity index (χ2n) is 5.08.